The normalized spacial score (nSPS) is 11.8. The first-order valence-corrected chi connectivity index (χ1v) is 8.70. The number of halogens is 6. The fourth-order valence-electron chi connectivity index (χ4n) is 2.41. The molecular weight excluding hydrogens is 414 g/mol. The summed E-state index contributed by atoms with van der Waals surface area (Å²) in [6.45, 7) is 2.85. The molecule has 0 heterocycles. The molecule has 2 aromatic rings. The number of benzene rings is 2. The summed E-state index contributed by atoms with van der Waals surface area (Å²) in [5.74, 6) is -5.26. The van der Waals surface area contributed by atoms with Crippen molar-refractivity contribution < 1.29 is 35.9 Å². The standard InChI is InChI=1S/C20H18F6N2O2/c1-4-28(3)10-27-18-8-15(20(24,25)26)13(5-11(18)2)19(29)30-9-14-16(22)6-12(21)7-17(14)23/h5-8,10H,4,9H2,1-3H3. The fourth-order valence-corrected chi connectivity index (χ4v) is 2.41. The molecule has 4 nitrogen and oxygen atoms in total. The Morgan fingerprint density at radius 2 is 1.73 bits per heavy atom. The van der Waals surface area contributed by atoms with Gasteiger partial charge >= 0.3 is 12.1 Å². The Hall–Kier alpha value is -3.04. The fraction of sp³-hybridized carbons (Fsp3) is 0.300. The second-order valence-corrected chi connectivity index (χ2v) is 6.42. The summed E-state index contributed by atoms with van der Waals surface area (Å²) in [5, 5.41) is 0. The molecule has 0 aliphatic heterocycles. The number of esters is 1. The Labute approximate surface area is 168 Å². The molecule has 0 fully saturated rings. The Kier molecular flexibility index (Phi) is 7.12. The van der Waals surface area contributed by atoms with Gasteiger partial charge in [-0.25, -0.2) is 23.0 Å². The lowest BCUT2D eigenvalue weighted by molar-refractivity contribution is -0.138. The molecule has 0 saturated carbocycles. The summed E-state index contributed by atoms with van der Waals surface area (Å²) < 4.78 is 85.4. The van der Waals surface area contributed by atoms with Gasteiger partial charge in [-0.3, -0.25) is 0 Å². The van der Waals surface area contributed by atoms with Crippen molar-refractivity contribution in [1.29, 1.82) is 0 Å². The lowest BCUT2D eigenvalue weighted by atomic mass is 10.0. The van der Waals surface area contributed by atoms with Crippen LogP contribution in [0.25, 0.3) is 0 Å². The van der Waals surface area contributed by atoms with Crippen molar-refractivity contribution in [2.24, 2.45) is 4.99 Å². The third kappa shape index (κ3) is 5.52. The second-order valence-electron chi connectivity index (χ2n) is 6.42. The van der Waals surface area contributed by atoms with E-state index in [1.807, 2.05) is 6.92 Å². The number of aryl methyl sites for hydroxylation is 1. The van der Waals surface area contributed by atoms with Crippen molar-refractivity contribution >= 4 is 18.0 Å². The van der Waals surface area contributed by atoms with Crippen LogP contribution >= 0.6 is 0 Å². The van der Waals surface area contributed by atoms with E-state index in [0.29, 0.717) is 24.7 Å². The van der Waals surface area contributed by atoms with Crippen LogP contribution in [-0.4, -0.2) is 30.8 Å². The topological polar surface area (TPSA) is 41.9 Å². The Bertz CT molecular complexity index is 949. The Morgan fingerprint density at radius 1 is 1.13 bits per heavy atom. The minimum absolute atomic E-state index is 0.00482. The molecule has 0 aliphatic carbocycles. The van der Waals surface area contributed by atoms with Crippen LogP contribution in [0.3, 0.4) is 0 Å². The molecule has 0 amide bonds. The van der Waals surface area contributed by atoms with Crippen LogP contribution in [-0.2, 0) is 17.5 Å². The molecule has 0 aromatic heterocycles. The summed E-state index contributed by atoms with van der Waals surface area (Å²) >= 11 is 0. The average molecular weight is 432 g/mol. The molecule has 10 heteroatoms. The molecule has 2 rings (SSSR count). The van der Waals surface area contributed by atoms with Crippen molar-refractivity contribution in [2.45, 2.75) is 26.6 Å². The van der Waals surface area contributed by atoms with Gasteiger partial charge in [-0.05, 0) is 31.5 Å². The summed E-state index contributed by atoms with van der Waals surface area (Å²) in [4.78, 5) is 17.9. The highest BCUT2D eigenvalue weighted by molar-refractivity contribution is 5.92. The number of hydrogen-bond donors (Lipinski definition) is 0. The van der Waals surface area contributed by atoms with Gasteiger partial charge in [0, 0.05) is 25.7 Å². The summed E-state index contributed by atoms with van der Waals surface area (Å²) in [7, 11) is 1.68. The van der Waals surface area contributed by atoms with Crippen LogP contribution < -0.4 is 0 Å². The highest BCUT2D eigenvalue weighted by atomic mass is 19.4. The van der Waals surface area contributed by atoms with Crippen molar-refractivity contribution in [2.75, 3.05) is 13.6 Å². The largest absolute Gasteiger partial charge is 0.457 e. The number of aliphatic imine (C=N–C) groups is 1. The minimum atomic E-state index is -4.91. The SMILES string of the molecule is CCN(C)C=Nc1cc(C(F)(F)F)c(C(=O)OCc2c(F)cc(F)cc2F)cc1C. The smallest absolute Gasteiger partial charge is 0.417 e. The van der Waals surface area contributed by atoms with E-state index in [1.165, 1.54) is 13.3 Å². The first-order valence-electron chi connectivity index (χ1n) is 8.70. The highest BCUT2D eigenvalue weighted by Crippen LogP contribution is 2.36. The Morgan fingerprint density at radius 3 is 2.27 bits per heavy atom. The van der Waals surface area contributed by atoms with Gasteiger partial charge < -0.3 is 9.64 Å². The molecule has 0 radical (unpaired) electrons. The zero-order valence-corrected chi connectivity index (χ0v) is 16.3. The minimum Gasteiger partial charge on any atom is -0.457 e. The van der Waals surface area contributed by atoms with Gasteiger partial charge in [0.1, 0.15) is 24.1 Å². The average Bonchev–Trinajstić information content (AvgIpc) is 2.64. The van der Waals surface area contributed by atoms with Gasteiger partial charge in [-0.15, -0.1) is 0 Å². The van der Waals surface area contributed by atoms with Crippen molar-refractivity contribution in [3.8, 4) is 0 Å². The van der Waals surface area contributed by atoms with Crippen LogP contribution in [0, 0.1) is 24.4 Å². The molecule has 0 aliphatic rings. The van der Waals surface area contributed by atoms with Gasteiger partial charge in [0.25, 0.3) is 0 Å². The van der Waals surface area contributed by atoms with E-state index in [2.05, 4.69) is 9.73 Å². The van der Waals surface area contributed by atoms with Crippen LogP contribution in [0.4, 0.5) is 32.0 Å². The second kappa shape index (κ2) is 9.19. The van der Waals surface area contributed by atoms with E-state index in [-0.39, 0.29) is 11.3 Å². The monoisotopic (exact) mass is 432 g/mol. The highest BCUT2D eigenvalue weighted by Gasteiger charge is 2.36. The van der Waals surface area contributed by atoms with Crippen LogP contribution in [0.15, 0.2) is 29.3 Å². The number of carbonyl (C=O) groups excluding carboxylic acids is 1. The van der Waals surface area contributed by atoms with E-state index in [9.17, 15) is 31.1 Å². The van der Waals surface area contributed by atoms with E-state index in [1.54, 1.807) is 11.9 Å². The van der Waals surface area contributed by atoms with Crippen molar-refractivity contribution in [3.05, 3.63) is 64.0 Å². The first-order chi connectivity index (χ1) is 13.9. The van der Waals surface area contributed by atoms with Crippen molar-refractivity contribution in [1.82, 2.24) is 4.90 Å². The Balaban J connectivity index is 2.37. The van der Waals surface area contributed by atoms with Gasteiger partial charge in [-0.1, -0.05) is 0 Å². The summed E-state index contributed by atoms with van der Waals surface area (Å²) in [6.07, 6.45) is -3.56. The van der Waals surface area contributed by atoms with Crippen LogP contribution in [0.5, 0.6) is 0 Å². The molecule has 0 unspecified atom stereocenters. The summed E-state index contributed by atoms with van der Waals surface area (Å²) in [5.41, 5.74) is -2.65. The predicted molar refractivity (Wildman–Crippen MR) is 98.1 cm³/mol. The van der Waals surface area contributed by atoms with Crippen LogP contribution in [0.2, 0.25) is 0 Å². The quantitative estimate of drug-likeness (QED) is 0.266. The van der Waals surface area contributed by atoms with E-state index in [4.69, 9.17) is 0 Å². The number of hydrogen-bond acceptors (Lipinski definition) is 3. The van der Waals surface area contributed by atoms with E-state index >= 15 is 0 Å². The molecular formula is C20H18F6N2O2. The maximum Gasteiger partial charge on any atom is 0.417 e. The van der Waals surface area contributed by atoms with Gasteiger partial charge in [-0.2, -0.15) is 13.2 Å². The number of nitrogens with zero attached hydrogens (tertiary/aromatic N) is 2. The van der Waals surface area contributed by atoms with Gasteiger partial charge in [0.05, 0.1) is 28.7 Å². The number of alkyl halides is 3. The molecule has 30 heavy (non-hydrogen) atoms. The lowest BCUT2D eigenvalue weighted by Crippen LogP contribution is -2.17. The van der Waals surface area contributed by atoms with Gasteiger partial charge in [0.15, 0.2) is 0 Å². The molecule has 0 atom stereocenters. The molecule has 2 aromatic carbocycles. The third-order valence-corrected chi connectivity index (χ3v) is 4.21. The van der Waals surface area contributed by atoms with E-state index < -0.39 is 52.9 Å². The molecule has 162 valence electrons. The molecule has 0 bridgehead atoms. The van der Waals surface area contributed by atoms with Crippen molar-refractivity contribution in [3.63, 3.8) is 0 Å². The van der Waals surface area contributed by atoms with Crippen LogP contribution in [0.1, 0.15) is 34.0 Å². The number of carbonyl (C=O) groups is 1. The van der Waals surface area contributed by atoms with E-state index in [0.717, 1.165) is 6.07 Å². The zero-order valence-electron chi connectivity index (χ0n) is 16.3. The maximum atomic E-state index is 13.7. The predicted octanol–water partition coefficient (Wildman–Crippen LogP) is 5.40. The number of rotatable bonds is 6. The zero-order chi connectivity index (χ0) is 22.6. The third-order valence-electron chi connectivity index (χ3n) is 4.21. The van der Waals surface area contributed by atoms with Gasteiger partial charge in [0.2, 0.25) is 0 Å². The molecule has 0 spiro atoms. The first kappa shape index (κ1) is 23.2. The summed E-state index contributed by atoms with van der Waals surface area (Å²) in [6, 6.07) is 2.39. The molecule has 0 saturated heterocycles. The molecule has 0 N–H and O–H groups in total. The number of ether oxygens (including phenoxy) is 1. The lowest BCUT2D eigenvalue weighted by Gasteiger charge is -2.16. The maximum absolute atomic E-state index is 13.7.